The van der Waals surface area contributed by atoms with Crippen LogP contribution in [0.25, 0.3) is 0 Å². The number of nitrogens with zero attached hydrogens (tertiary/aromatic N) is 2. The maximum Gasteiger partial charge on any atom is 0.254 e. The van der Waals surface area contributed by atoms with Gasteiger partial charge in [-0.15, -0.1) is 0 Å². The van der Waals surface area contributed by atoms with Crippen LogP contribution in [0.15, 0.2) is 48.5 Å². The van der Waals surface area contributed by atoms with Crippen LogP contribution in [-0.4, -0.2) is 58.5 Å². The fourth-order valence-electron chi connectivity index (χ4n) is 4.49. The molecule has 1 saturated carbocycles. The van der Waals surface area contributed by atoms with E-state index in [4.69, 9.17) is 0 Å². The maximum absolute atomic E-state index is 12.9. The second kappa shape index (κ2) is 7.41. The Bertz CT molecular complexity index is 963. The Kier molecular flexibility index (Phi) is 4.72. The molecular weight excluding hydrogens is 380 g/mol. The van der Waals surface area contributed by atoms with Crippen molar-refractivity contribution in [1.29, 1.82) is 0 Å². The second-order valence-electron chi connectivity index (χ2n) is 8.38. The van der Waals surface area contributed by atoms with E-state index in [1.54, 1.807) is 9.80 Å². The number of hydrogen-bond donors (Lipinski definition) is 3. The van der Waals surface area contributed by atoms with Crippen molar-refractivity contribution in [2.45, 2.75) is 30.9 Å². The van der Waals surface area contributed by atoms with E-state index in [1.807, 2.05) is 42.5 Å². The van der Waals surface area contributed by atoms with Gasteiger partial charge in [0.25, 0.3) is 11.8 Å². The first-order chi connectivity index (χ1) is 14.5. The lowest BCUT2D eigenvalue weighted by atomic mass is 9.79. The number of hydrazine groups is 1. The second-order valence-corrected chi connectivity index (χ2v) is 8.38. The molecule has 30 heavy (non-hydrogen) atoms. The van der Waals surface area contributed by atoms with Crippen LogP contribution in [0.4, 0.5) is 5.69 Å². The van der Waals surface area contributed by atoms with Crippen LogP contribution < -0.4 is 10.9 Å². The minimum Gasteiger partial charge on any atom is -0.380 e. The number of rotatable bonds is 3. The number of aliphatic hydroxyl groups is 1. The van der Waals surface area contributed by atoms with Gasteiger partial charge in [0.15, 0.2) is 0 Å². The van der Waals surface area contributed by atoms with Crippen molar-refractivity contribution in [3.63, 3.8) is 0 Å². The molecule has 1 unspecified atom stereocenters. The number of amides is 2. The molecule has 5 rings (SSSR count). The number of carbonyl (C=O) groups excluding carboxylic acids is 2. The molecule has 0 aromatic heterocycles. The van der Waals surface area contributed by atoms with Gasteiger partial charge in [0.1, 0.15) is 5.60 Å². The molecule has 1 aliphatic carbocycles. The maximum atomic E-state index is 12.9. The van der Waals surface area contributed by atoms with Crippen molar-refractivity contribution < 1.29 is 14.7 Å². The lowest BCUT2D eigenvalue weighted by Crippen LogP contribution is -2.58. The summed E-state index contributed by atoms with van der Waals surface area (Å²) in [6, 6.07) is 15.9. The molecule has 7 nitrogen and oxygen atoms in total. The number of nitrogens with one attached hydrogen (secondary N) is 2. The molecular formula is C23H26N4O3. The summed E-state index contributed by atoms with van der Waals surface area (Å²) in [7, 11) is 0. The molecule has 1 saturated heterocycles. The number of benzene rings is 2. The molecule has 2 fully saturated rings. The van der Waals surface area contributed by atoms with Crippen molar-refractivity contribution in [3.05, 3.63) is 65.2 Å². The number of para-hydroxylation sites is 1. The summed E-state index contributed by atoms with van der Waals surface area (Å²) in [6.07, 6.45) is 2.00. The molecule has 3 N–H and O–H groups in total. The van der Waals surface area contributed by atoms with Gasteiger partial charge in [-0.25, -0.2) is 5.43 Å². The highest BCUT2D eigenvalue weighted by molar-refractivity contribution is 5.94. The quantitative estimate of drug-likeness (QED) is 0.725. The minimum absolute atomic E-state index is 0.0195. The molecule has 7 heteroatoms. The van der Waals surface area contributed by atoms with Crippen LogP contribution in [0.1, 0.15) is 46.8 Å². The third-order valence-corrected chi connectivity index (χ3v) is 6.55. The topological polar surface area (TPSA) is 84.9 Å². The monoisotopic (exact) mass is 406 g/mol. The molecule has 3 aliphatic rings. The number of carbonyl (C=O) groups is 2. The van der Waals surface area contributed by atoms with Crippen molar-refractivity contribution in [3.8, 4) is 0 Å². The first kappa shape index (κ1) is 19.1. The number of piperazine rings is 1. The zero-order chi connectivity index (χ0) is 20.7. The molecule has 2 amide bonds. The van der Waals surface area contributed by atoms with Crippen molar-refractivity contribution in [1.82, 2.24) is 15.2 Å². The Morgan fingerprint density at radius 1 is 0.933 bits per heavy atom. The van der Waals surface area contributed by atoms with Gasteiger partial charge in [0.05, 0.1) is 11.7 Å². The van der Waals surface area contributed by atoms with Gasteiger partial charge >= 0.3 is 0 Å². The zero-order valence-electron chi connectivity index (χ0n) is 16.8. The normalized spacial score (nSPS) is 22.1. The van der Waals surface area contributed by atoms with E-state index in [1.165, 1.54) is 5.56 Å². The molecule has 2 heterocycles. The summed E-state index contributed by atoms with van der Waals surface area (Å²) >= 11 is 0. The number of hydrogen-bond acceptors (Lipinski definition) is 5. The van der Waals surface area contributed by atoms with Gasteiger partial charge in [-0.1, -0.05) is 30.3 Å². The molecule has 0 spiro atoms. The predicted molar refractivity (Wildman–Crippen MR) is 113 cm³/mol. The summed E-state index contributed by atoms with van der Waals surface area (Å²) in [6.45, 7) is 1.92. The lowest BCUT2D eigenvalue weighted by molar-refractivity contribution is -0.161. The summed E-state index contributed by atoms with van der Waals surface area (Å²) < 4.78 is 0. The fraction of sp³-hybridized carbons (Fsp3) is 0.391. The van der Waals surface area contributed by atoms with Gasteiger partial charge in [0.2, 0.25) is 0 Å². The van der Waals surface area contributed by atoms with Gasteiger partial charge in [-0.05, 0) is 48.6 Å². The average Bonchev–Trinajstić information content (AvgIpc) is 3.21. The van der Waals surface area contributed by atoms with Crippen LogP contribution in [0.3, 0.4) is 0 Å². The Balaban J connectivity index is 1.22. The largest absolute Gasteiger partial charge is 0.380 e. The van der Waals surface area contributed by atoms with Crippen LogP contribution in [0.5, 0.6) is 0 Å². The molecule has 156 valence electrons. The predicted octanol–water partition coefficient (Wildman–Crippen LogP) is 1.91. The molecule has 0 radical (unpaired) electrons. The van der Waals surface area contributed by atoms with E-state index in [-0.39, 0.29) is 17.9 Å². The molecule has 2 aliphatic heterocycles. The number of anilines is 1. The Morgan fingerprint density at radius 2 is 1.60 bits per heavy atom. The van der Waals surface area contributed by atoms with Crippen molar-refractivity contribution in [2.75, 3.05) is 31.6 Å². The lowest BCUT2D eigenvalue weighted by Gasteiger charge is -2.42. The highest BCUT2D eigenvalue weighted by atomic mass is 16.3. The molecule has 2 aromatic carbocycles. The molecule has 0 bridgehead atoms. The van der Waals surface area contributed by atoms with E-state index in [9.17, 15) is 14.7 Å². The summed E-state index contributed by atoms with van der Waals surface area (Å²) in [5.74, 6) is -0.197. The highest BCUT2D eigenvalue weighted by Gasteiger charge is 2.45. The number of fused-ring (bicyclic) bond motifs is 1. The van der Waals surface area contributed by atoms with Gasteiger partial charge in [0, 0.05) is 31.7 Å². The SMILES string of the molecule is O=C(c1ccc(C2NNc3ccccc32)cc1)N1CCN(C(=O)C2(O)CCC2)CC1. The Labute approximate surface area is 175 Å². The van der Waals surface area contributed by atoms with Crippen LogP contribution in [0.2, 0.25) is 0 Å². The molecule has 1 atom stereocenters. The molecule has 2 aromatic rings. The fourth-order valence-corrected chi connectivity index (χ4v) is 4.49. The Morgan fingerprint density at radius 3 is 2.27 bits per heavy atom. The average molecular weight is 406 g/mol. The third-order valence-electron chi connectivity index (χ3n) is 6.55. The first-order valence-corrected chi connectivity index (χ1v) is 10.6. The van der Waals surface area contributed by atoms with Crippen LogP contribution in [-0.2, 0) is 4.79 Å². The zero-order valence-corrected chi connectivity index (χ0v) is 16.8. The van der Waals surface area contributed by atoms with Crippen LogP contribution in [0, 0.1) is 0 Å². The van der Waals surface area contributed by atoms with E-state index in [0.29, 0.717) is 44.6 Å². The smallest absolute Gasteiger partial charge is 0.254 e. The van der Waals surface area contributed by atoms with Crippen LogP contribution >= 0.6 is 0 Å². The van der Waals surface area contributed by atoms with Gasteiger partial charge in [-0.3, -0.25) is 9.59 Å². The van der Waals surface area contributed by atoms with Crippen molar-refractivity contribution in [2.24, 2.45) is 0 Å². The summed E-state index contributed by atoms with van der Waals surface area (Å²) in [5, 5.41) is 10.3. The minimum atomic E-state index is -1.16. The van der Waals surface area contributed by atoms with E-state index in [2.05, 4.69) is 16.9 Å². The van der Waals surface area contributed by atoms with Crippen molar-refractivity contribution >= 4 is 17.5 Å². The third kappa shape index (κ3) is 3.24. The summed E-state index contributed by atoms with van der Waals surface area (Å²) in [4.78, 5) is 28.9. The standard InChI is InChI=1S/C23H26N4O3/c28-21(26-12-14-27(15-13-26)22(29)23(30)10-3-11-23)17-8-6-16(7-9-17)20-18-4-1-2-5-19(18)24-25-20/h1-2,4-9,20,24-25,30H,3,10-15H2. The van der Waals surface area contributed by atoms with E-state index in [0.717, 1.165) is 17.7 Å². The van der Waals surface area contributed by atoms with Gasteiger partial charge < -0.3 is 20.3 Å². The first-order valence-electron chi connectivity index (χ1n) is 10.6. The van der Waals surface area contributed by atoms with Gasteiger partial charge in [-0.2, -0.15) is 0 Å². The van der Waals surface area contributed by atoms with E-state index >= 15 is 0 Å². The van der Waals surface area contributed by atoms with E-state index < -0.39 is 5.60 Å². The summed E-state index contributed by atoms with van der Waals surface area (Å²) in [5.41, 5.74) is 9.31. The highest BCUT2D eigenvalue weighted by Crippen LogP contribution is 2.34. The Hall–Kier alpha value is -2.90.